The predicted octanol–water partition coefficient (Wildman–Crippen LogP) is 2.92. The van der Waals surface area contributed by atoms with Crippen LogP contribution in [-0.4, -0.2) is 22.0 Å². The fourth-order valence-corrected chi connectivity index (χ4v) is 1.73. The molecule has 1 aliphatic rings. The highest BCUT2D eigenvalue weighted by molar-refractivity contribution is 6.04. The minimum absolute atomic E-state index is 0.330. The summed E-state index contributed by atoms with van der Waals surface area (Å²) in [4.78, 5) is 9.00. The first-order chi connectivity index (χ1) is 8.75. The van der Waals surface area contributed by atoms with E-state index in [0.29, 0.717) is 24.1 Å². The first-order valence-corrected chi connectivity index (χ1v) is 5.36. The molecule has 0 aliphatic heterocycles. The zero-order valence-corrected chi connectivity index (χ0v) is 10.0. The monoisotopic (exact) mass is 275 g/mol. The Morgan fingerprint density at radius 3 is 2.37 bits per heavy atom. The number of carboxylic acid groups (broad SMARTS) is 1. The molecule has 2 rings (SSSR count). The minimum Gasteiger partial charge on any atom is -0.481 e. The number of aryl methyl sites for hydroxylation is 1. The van der Waals surface area contributed by atoms with E-state index in [-0.39, 0.29) is 0 Å². The lowest BCUT2D eigenvalue weighted by atomic mass is 10.1. The molecule has 0 bridgehead atoms. The van der Waals surface area contributed by atoms with E-state index in [1.807, 2.05) is 0 Å². The molecule has 1 aliphatic carbocycles. The van der Waals surface area contributed by atoms with Gasteiger partial charge in [0.15, 0.2) is 0 Å². The second-order valence-electron chi connectivity index (χ2n) is 3.94. The van der Waals surface area contributed by atoms with Crippen molar-refractivity contribution < 1.29 is 28.3 Å². The van der Waals surface area contributed by atoms with E-state index in [4.69, 9.17) is 15.1 Å². The molecular formula is C12H12F3NO3. The fourth-order valence-electron chi connectivity index (χ4n) is 1.73. The number of fused-ring (bicyclic) bond motifs is 1. The van der Waals surface area contributed by atoms with E-state index in [0.717, 1.165) is 24.6 Å². The molecule has 0 amide bonds. The van der Waals surface area contributed by atoms with Gasteiger partial charge in [-0.3, -0.25) is 4.79 Å². The van der Waals surface area contributed by atoms with Crippen LogP contribution in [0.1, 0.15) is 30.0 Å². The first kappa shape index (κ1) is 15.0. The SMILES string of the molecule is CC(=O)O.ON=C1CCc2ccc(C(F)(F)F)cc21. The number of alkyl halides is 3. The van der Waals surface area contributed by atoms with Crippen molar-refractivity contribution in [2.75, 3.05) is 0 Å². The van der Waals surface area contributed by atoms with Crippen LogP contribution in [0.4, 0.5) is 13.2 Å². The molecule has 19 heavy (non-hydrogen) atoms. The Labute approximate surface area is 107 Å². The van der Waals surface area contributed by atoms with Crippen LogP contribution in [0.3, 0.4) is 0 Å². The molecule has 4 nitrogen and oxygen atoms in total. The number of benzene rings is 1. The maximum Gasteiger partial charge on any atom is 0.416 e. The van der Waals surface area contributed by atoms with Crippen molar-refractivity contribution in [3.63, 3.8) is 0 Å². The zero-order chi connectivity index (χ0) is 14.6. The van der Waals surface area contributed by atoms with Crippen molar-refractivity contribution in [2.24, 2.45) is 5.16 Å². The Hall–Kier alpha value is -2.05. The van der Waals surface area contributed by atoms with Gasteiger partial charge < -0.3 is 10.3 Å². The molecule has 1 aromatic carbocycles. The van der Waals surface area contributed by atoms with Crippen LogP contribution >= 0.6 is 0 Å². The lowest BCUT2D eigenvalue weighted by Crippen LogP contribution is -2.06. The summed E-state index contributed by atoms with van der Waals surface area (Å²) >= 11 is 0. The van der Waals surface area contributed by atoms with Gasteiger partial charge in [0.25, 0.3) is 5.97 Å². The lowest BCUT2D eigenvalue weighted by Gasteiger charge is -2.08. The molecular weight excluding hydrogens is 263 g/mol. The smallest absolute Gasteiger partial charge is 0.416 e. The first-order valence-electron chi connectivity index (χ1n) is 5.36. The standard InChI is InChI=1S/C10H8F3NO.C2H4O2/c11-10(12,13)7-3-1-6-2-4-9(14-15)8(6)5-7;1-2(3)4/h1,3,5,15H,2,4H2;1H3,(H,3,4). The van der Waals surface area contributed by atoms with Crippen molar-refractivity contribution in [1.29, 1.82) is 0 Å². The Morgan fingerprint density at radius 2 is 1.89 bits per heavy atom. The van der Waals surface area contributed by atoms with Crippen LogP contribution in [0.5, 0.6) is 0 Å². The number of carboxylic acids is 1. The summed E-state index contributed by atoms with van der Waals surface area (Å²) in [5.74, 6) is -0.833. The third-order valence-corrected chi connectivity index (χ3v) is 2.50. The van der Waals surface area contributed by atoms with E-state index in [9.17, 15) is 13.2 Å². The number of hydrogen-bond acceptors (Lipinski definition) is 3. The van der Waals surface area contributed by atoms with E-state index >= 15 is 0 Å². The highest BCUT2D eigenvalue weighted by Crippen LogP contribution is 2.33. The second kappa shape index (κ2) is 5.73. The lowest BCUT2D eigenvalue weighted by molar-refractivity contribution is -0.137. The van der Waals surface area contributed by atoms with Gasteiger partial charge in [0.1, 0.15) is 0 Å². The molecule has 104 valence electrons. The normalized spacial score (nSPS) is 15.7. The van der Waals surface area contributed by atoms with Crippen molar-refractivity contribution in [1.82, 2.24) is 0 Å². The van der Waals surface area contributed by atoms with Gasteiger partial charge in [0, 0.05) is 12.5 Å². The average Bonchev–Trinajstić information content (AvgIpc) is 2.68. The minimum atomic E-state index is -4.35. The summed E-state index contributed by atoms with van der Waals surface area (Å²) in [5, 5.41) is 19.0. The van der Waals surface area contributed by atoms with Crippen LogP contribution in [0, 0.1) is 0 Å². The zero-order valence-electron chi connectivity index (χ0n) is 10.0. The molecule has 0 radical (unpaired) electrons. The predicted molar refractivity (Wildman–Crippen MR) is 61.4 cm³/mol. The largest absolute Gasteiger partial charge is 0.481 e. The molecule has 2 N–H and O–H groups in total. The van der Waals surface area contributed by atoms with Gasteiger partial charge in [0.05, 0.1) is 11.3 Å². The molecule has 1 aromatic rings. The second-order valence-corrected chi connectivity index (χ2v) is 3.94. The van der Waals surface area contributed by atoms with Gasteiger partial charge in [-0.05, 0) is 30.5 Å². The van der Waals surface area contributed by atoms with E-state index in [2.05, 4.69) is 5.16 Å². The van der Waals surface area contributed by atoms with Gasteiger partial charge in [-0.25, -0.2) is 0 Å². The number of nitrogens with zero attached hydrogens (tertiary/aromatic N) is 1. The van der Waals surface area contributed by atoms with E-state index in [1.165, 1.54) is 6.07 Å². The number of rotatable bonds is 0. The Balaban J connectivity index is 0.000000399. The van der Waals surface area contributed by atoms with Crippen molar-refractivity contribution in [2.45, 2.75) is 25.9 Å². The molecule has 0 aromatic heterocycles. The summed E-state index contributed by atoms with van der Waals surface area (Å²) in [5.41, 5.74) is 0.837. The summed E-state index contributed by atoms with van der Waals surface area (Å²) in [6.45, 7) is 1.08. The number of halogens is 3. The topological polar surface area (TPSA) is 69.9 Å². The number of carbonyl (C=O) groups is 1. The molecule has 0 heterocycles. The molecule has 7 heteroatoms. The van der Waals surface area contributed by atoms with Gasteiger partial charge in [-0.2, -0.15) is 13.2 Å². The number of aliphatic carboxylic acids is 1. The van der Waals surface area contributed by atoms with Crippen LogP contribution in [-0.2, 0) is 17.4 Å². The van der Waals surface area contributed by atoms with Crippen molar-refractivity contribution in [3.8, 4) is 0 Å². The quantitative estimate of drug-likeness (QED) is 0.565. The van der Waals surface area contributed by atoms with Crippen LogP contribution < -0.4 is 0 Å². The van der Waals surface area contributed by atoms with Gasteiger partial charge >= 0.3 is 6.18 Å². The number of oxime groups is 1. The number of hydrogen-bond donors (Lipinski definition) is 2. The summed E-state index contributed by atoms with van der Waals surface area (Å²) < 4.78 is 37.2. The van der Waals surface area contributed by atoms with Crippen molar-refractivity contribution in [3.05, 3.63) is 34.9 Å². The third kappa shape index (κ3) is 3.97. The third-order valence-electron chi connectivity index (χ3n) is 2.50. The van der Waals surface area contributed by atoms with Gasteiger partial charge in [-0.1, -0.05) is 11.2 Å². The van der Waals surface area contributed by atoms with Crippen LogP contribution in [0.15, 0.2) is 23.4 Å². The maximum absolute atomic E-state index is 12.4. The molecule has 0 spiro atoms. The van der Waals surface area contributed by atoms with E-state index < -0.39 is 17.7 Å². The highest BCUT2D eigenvalue weighted by atomic mass is 19.4. The Kier molecular flexibility index (Phi) is 4.52. The molecule has 0 fully saturated rings. The molecule has 0 saturated heterocycles. The maximum atomic E-state index is 12.4. The fraction of sp³-hybridized carbons (Fsp3) is 0.333. The molecule has 0 unspecified atom stereocenters. The van der Waals surface area contributed by atoms with Gasteiger partial charge in [0.2, 0.25) is 0 Å². The molecule has 0 atom stereocenters. The van der Waals surface area contributed by atoms with Crippen molar-refractivity contribution >= 4 is 11.7 Å². The average molecular weight is 275 g/mol. The summed E-state index contributed by atoms with van der Waals surface area (Å²) in [7, 11) is 0. The Bertz CT molecular complexity index is 505. The highest BCUT2D eigenvalue weighted by Gasteiger charge is 2.32. The molecule has 0 saturated carbocycles. The van der Waals surface area contributed by atoms with E-state index in [1.54, 1.807) is 0 Å². The van der Waals surface area contributed by atoms with Crippen LogP contribution in [0.25, 0.3) is 0 Å². The van der Waals surface area contributed by atoms with Gasteiger partial charge in [-0.15, -0.1) is 0 Å². The summed E-state index contributed by atoms with van der Waals surface area (Å²) in [6.07, 6.45) is -3.22. The summed E-state index contributed by atoms with van der Waals surface area (Å²) in [6, 6.07) is 3.53. The van der Waals surface area contributed by atoms with Crippen LogP contribution in [0.2, 0.25) is 0 Å². The Morgan fingerprint density at radius 1 is 1.32 bits per heavy atom.